The minimum atomic E-state index is -4.18. The molecule has 1 aliphatic rings. The van der Waals surface area contributed by atoms with Crippen LogP contribution in [0.15, 0.2) is 26.9 Å². The normalized spacial score (nSPS) is 12.8. The van der Waals surface area contributed by atoms with Gasteiger partial charge >= 0.3 is 0 Å². The van der Waals surface area contributed by atoms with Gasteiger partial charge in [-0.1, -0.05) is 16.8 Å². The van der Waals surface area contributed by atoms with Crippen LogP contribution in [0.25, 0.3) is 0 Å². The van der Waals surface area contributed by atoms with Crippen LogP contribution in [-0.4, -0.2) is 31.9 Å². The van der Waals surface area contributed by atoms with Crippen LogP contribution < -0.4 is 14.2 Å². The summed E-state index contributed by atoms with van der Waals surface area (Å²) in [4.78, 5) is 25.3. The average molecular weight is 497 g/mol. The zero-order valence-electron chi connectivity index (χ0n) is 17.1. The fourth-order valence-electron chi connectivity index (χ4n) is 3.36. The first-order valence-corrected chi connectivity index (χ1v) is 12.0. The second-order valence-electron chi connectivity index (χ2n) is 7.07. The molecule has 0 bridgehead atoms. The molecule has 3 heterocycles. The predicted octanol–water partition coefficient (Wildman–Crippen LogP) is 4.16. The van der Waals surface area contributed by atoms with Crippen molar-refractivity contribution in [1.82, 2.24) is 5.16 Å². The number of ketones is 2. The van der Waals surface area contributed by atoms with E-state index >= 15 is 0 Å². The molecular formula is C20H17ClN2O7S2. The summed E-state index contributed by atoms with van der Waals surface area (Å²) in [5, 5.41) is 5.13. The SMILES string of the molecule is CC(=O)c1c(CC(=O)c2sccc2S(=O)(=O)Nc2onc(C)c2Cl)c(C)cc2c1OCO2. The molecule has 0 fully saturated rings. The summed E-state index contributed by atoms with van der Waals surface area (Å²) in [6.45, 7) is 4.66. The molecule has 0 radical (unpaired) electrons. The molecule has 0 amide bonds. The van der Waals surface area contributed by atoms with Crippen LogP contribution >= 0.6 is 22.9 Å². The van der Waals surface area contributed by atoms with Gasteiger partial charge in [0.2, 0.25) is 6.79 Å². The van der Waals surface area contributed by atoms with E-state index in [1.807, 2.05) is 0 Å². The number of nitrogens with zero attached hydrogens (tertiary/aromatic N) is 1. The van der Waals surface area contributed by atoms with Crippen molar-refractivity contribution in [3.8, 4) is 11.5 Å². The molecular weight excluding hydrogens is 480 g/mol. The number of aromatic nitrogens is 1. The molecule has 3 aromatic rings. The fourth-order valence-corrected chi connectivity index (χ4v) is 5.92. The number of carbonyl (C=O) groups excluding carboxylic acids is 2. The Balaban J connectivity index is 1.68. The average Bonchev–Trinajstić information content (AvgIpc) is 3.45. The van der Waals surface area contributed by atoms with E-state index < -0.39 is 15.8 Å². The lowest BCUT2D eigenvalue weighted by molar-refractivity contribution is 0.0992. The summed E-state index contributed by atoms with van der Waals surface area (Å²) in [6, 6.07) is 3.01. The number of fused-ring (bicyclic) bond motifs is 1. The molecule has 0 unspecified atom stereocenters. The first-order valence-electron chi connectivity index (χ1n) is 9.28. The molecule has 0 saturated heterocycles. The molecule has 1 aromatic carbocycles. The first-order chi connectivity index (χ1) is 15.1. The second-order valence-corrected chi connectivity index (χ2v) is 10.0. The quantitative estimate of drug-likeness (QED) is 0.483. The Labute approximate surface area is 192 Å². The van der Waals surface area contributed by atoms with Gasteiger partial charge in [-0.2, -0.15) is 0 Å². The Kier molecular flexibility index (Phi) is 5.74. The lowest BCUT2D eigenvalue weighted by Gasteiger charge is -2.13. The minimum Gasteiger partial charge on any atom is -0.454 e. The van der Waals surface area contributed by atoms with E-state index in [1.54, 1.807) is 19.9 Å². The lowest BCUT2D eigenvalue weighted by atomic mass is 9.93. The van der Waals surface area contributed by atoms with Gasteiger partial charge in [0.05, 0.1) is 10.4 Å². The molecule has 0 saturated carbocycles. The zero-order valence-corrected chi connectivity index (χ0v) is 19.5. The monoisotopic (exact) mass is 496 g/mol. The molecule has 168 valence electrons. The molecule has 1 N–H and O–H groups in total. The van der Waals surface area contributed by atoms with Gasteiger partial charge in [0, 0.05) is 6.42 Å². The van der Waals surface area contributed by atoms with E-state index in [9.17, 15) is 18.0 Å². The summed E-state index contributed by atoms with van der Waals surface area (Å²) in [6.07, 6.45) is -0.192. The number of carbonyl (C=O) groups is 2. The van der Waals surface area contributed by atoms with Gasteiger partial charge < -0.3 is 14.0 Å². The van der Waals surface area contributed by atoms with Crippen molar-refractivity contribution in [3.05, 3.63) is 49.8 Å². The molecule has 9 nitrogen and oxygen atoms in total. The van der Waals surface area contributed by atoms with Crippen molar-refractivity contribution in [2.75, 3.05) is 11.5 Å². The van der Waals surface area contributed by atoms with Crippen molar-refractivity contribution >= 4 is 50.4 Å². The number of aryl methyl sites for hydroxylation is 2. The Morgan fingerprint density at radius 1 is 1.28 bits per heavy atom. The molecule has 32 heavy (non-hydrogen) atoms. The number of rotatable bonds is 7. The van der Waals surface area contributed by atoms with E-state index in [2.05, 4.69) is 9.88 Å². The number of hydrogen-bond donors (Lipinski definition) is 1. The molecule has 0 aliphatic carbocycles. The molecule has 0 spiro atoms. The number of ether oxygens (including phenoxy) is 2. The highest BCUT2D eigenvalue weighted by Gasteiger charge is 2.30. The maximum Gasteiger partial charge on any atom is 0.265 e. The molecule has 4 rings (SSSR count). The van der Waals surface area contributed by atoms with E-state index in [4.69, 9.17) is 25.6 Å². The van der Waals surface area contributed by atoms with Crippen molar-refractivity contribution in [2.24, 2.45) is 0 Å². The molecule has 0 atom stereocenters. The number of hydrogen-bond acceptors (Lipinski definition) is 9. The van der Waals surface area contributed by atoms with Crippen LogP contribution in [0.1, 0.15) is 43.8 Å². The van der Waals surface area contributed by atoms with Crippen molar-refractivity contribution in [2.45, 2.75) is 32.1 Å². The Hall–Kier alpha value is -2.89. The third-order valence-corrected chi connectivity index (χ3v) is 7.78. The number of sulfonamides is 1. The second kappa shape index (κ2) is 8.23. The van der Waals surface area contributed by atoms with Gasteiger partial charge in [-0.25, -0.2) is 13.1 Å². The van der Waals surface area contributed by atoms with Gasteiger partial charge in [0.1, 0.15) is 15.6 Å². The maximum atomic E-state index is 13.2. The third kappa shape index (κ3) is 3.87. The van der Waals surface area contributed by atoms with Gasteiger partial charge in [-0.3, -0.25) is 9.59 Å². The zero-order chi connectivity index (χ0) is 23.2. The summed E-state index contributed by atoms with van der Waals surface area (Å²) in [7, 11) is -4.18. The van der Waals surface area contributed by atoms with Crippen LogP contribution in [0.5, 0.6) is 11.5 Å². The van der Waals surface area contributed by atoms with Crippen molar-refractivity contribution in [3.63, 3.8) is 0 Å². The number of benzene rings is 1. The van der Waals surface area contributed by atoms with Gasteiger partial charge in [0.15, 0.2) is 23.1 Å². The number of nitrogens with one attached hydrogen (secondary N) is 1. The standard InChI is InChI=1S/C20H17ClN2O7S2/c1-9-6-14-18(29-8-28-14)16(11(3)24)12(9)7-13(25)19-15(4-5-31-19)32(26,27)23-20-17(21)10(2)22-30-20/h4-6,23H,7-8H2,1-3H3. The molecule has 12 heteroatoms. The number of anilines is 1. The highest BCUT2D eigenvalue weighted by atomic mass is 35.5. The summed E-state index contributed by atoms with van der Waals surface area (Å²) >= 11 is 6.98. The van der Waals surface area contributed by atoms with Crippen molar-refractivity contribution in [1.29, 1.82) is 0 Å². The van der Waals surface area contributed by atoms with Crippen LogP contribution in [0.2, 0.25) is 5.02 Å². The summed E-state index contributed by atoms with van der Waals surface area (Å²) in [5.74, 6) is -0.258. The summed E-state index contributed by atoms with van der Waals surface area (Å²) < 4.78 is 43.7. The summed E-state index contributed by atoms with van der Waals surface area (Å²) in [5.41, 5.74) is 1.70. The Morgan fingerprint density at radius 3 is 2.69 bits per heavy atom. The highest BCUT2D eigenvalue weighted by molar-refractivity contribution is 7.93. The van der Waals surface area contributed by atoms with E-state index in [0.29, 0.717) is 28.3 Å². The first kappa shape index (κ1) is 22.3. The van der Waals surface area contributed by atoms with Crippen LogP contribution in [0.3, 0.4) is 0 Å². The molecule has 2 aromatic heterocycles. The smallest absolute Gasteiger partial charge is 0.265 e. The number of thiophene rings is 1. The molecule has 1 aliphatic heterocycles. The third-order valence-electron chi connectivity index (χ3n) is 4.87. The van der Waals surface area contributed by atoms with Gasteiger partial charge in [0.25, 0.3) is 15.9 Å². The van der Waals surface area contributed by atoms with E-state index in [0.717, 1.165) is 11.3 Å². The van der Waals surface area contributed by atoms with Crippen molar-refractivity contribution < 1.29 is 32.0 Å². The highest BCUT2D eigenvalue weighted by Crippen LogP contribution is 2.40. The predicted molar refractivity (Wildman–Crippen MR) is 117 cm³/mol. The van der Waals surface area contributed by atoms with E-state index in [-0.39, 0.29) is 45.2 Å². The minimum absolute atomic E-state index is 0.0106. The Bertz CT molecular complexity index is 1360. The van der Waals surface area contributed by atoms with Crippen LogP contribution in [-0.2, 0) is 16.4 Å². The van der Waals surface area contributed by atoms with Gasteiger partial charge in [-0.05, 0) is 49.4 Å². The maximum absolute atomic E-state index is 13.2. The largest absolute Gasteiger partial charge is 0.454 e. The number of halogens is 1. The lowest BCUT2D eigenvalue weighted by Crippen LogP contribution is -2.17. The van der Waals surface area contributed by atoms with Crippen LogP contribution in [0.4, 0.5) is 5.88 Å². The van der Waals surface area contributed by atoms with Gasteiger partial charge in [-0.15, -0.1) is 11.3 Å². The number of Topliss-reactive ketones (excluding diaryl/α,β-unsaturated/α-hetero) is 2. The van der Waals surface area contributed by atoms with Crippen LogP contribution in [0, 0.1) is 13.8 Å². The Morgan fingerprint density at radius 2 is 2.03 bits per heavy atom. The van der Waals surface area contributed by atoms with E-state index in [1.165, 1.54) is 18.4 Å². The fraction of sp³-hybridized carbons (Fsp3) is 0.250. The topological polar surface area (TPSA) is 125 Å².